The number of hydrogen-bond acceptors (Lipinski definition) is 3. The molecule has 0 saturated heterocycles. The van der Waals surface area contributed by atoms with Gasteiger partial charge in [-0.25, -0.2) is 4.98 Å². The van der Waals surface area contributed by atoms with Crippen LogP contribution in [0.3, 0.4) is 0 Å². The van der Waals surface area contributed by atoms with Gasteiger partial charge in [0.25, 0.3) is 0 Å². The zero-order valence-electron chi connectivity index (χ0n) is 14.1. The number of benzene rings is 2. The van der Waals surface area contributed by atoms with Crippen molar-refractivity contribution in [3.63, 3.8) is 0 Å². The van der Waals surface area contributed by atoms with Crippen molar-refractivity contribution in [3.05, 3.63) is 83.9 Å². The Morgan fingerprint density at radius 2 is 1.92 bits per heavy atom. The molecule has 0 aliphatic rings. The van der Waals surface area contributed by atoms with E-state index in [1.165, 1.54) is 0 Å². The standard InChI is InChI=1S/C20H21N3O2/c1-25-18-10-6-5-9-16(18)13-20(24)23-17(14-19-21-11-12-22-19)15-7-3-2-4-8-15/h2-12,17H,13-14H2,1H3,(H,21,22)(H,23,24)/t17-/m1/s1. The number of rotatable bonds is 7. The van der Waals surface area contributed by atoms with Crippen molar-refractivity contribution in [2.24, 2.45) is 0 Å². The third kappa shape index (κ3) is 4.47. The summed E-state index contributed by atoms with van der Waals surface area (Å²) in [6.07, 6.45) is 4.38. The molecule has 1 aromatic heterocycles. The van der Waals surface area contributed by atoms with E-state index in [-0.39, 0.29) is 18.4 Å². The van der Waals surface area contributed by atoms with Gasteiger partial charge in [0.15, 0.2) is 0 Å². The third-order valence-corrected chi connectivity index (χ3v) is 4.03. The average molecular weight is 335 g/mol. The first kappa shape index (κ1) is 16.8. The monoisotopic (exact) mass is 335 g/mol. The number of nitrogens with zero attached hydrogens (tertiary/aromatic N) is 1. The van der Waals surface area contributed by atoms with Crippen LogP contribution in [-0.4, -0.2) is 23.0 Å². The van der Waals surface area contributed by atoms with E-state index >= 15 is 0 Å². The summed E-state index contributed by atoms with van der Waals surface area (Å²) in [5.41, 5.74) is 1.92. The molecule has 1 amide bonds. The number of amides is 1. The molecule has 25 heavy (non-hydrogen) atoms. The summed E-state index contributed by atoms with van der Waals surface area (Å²) in [7, 11) is 1.61. The Labute approximate surface area is 147 Å². The molecular formula is C20H21N3O2. The highest BCUT2D eigenvalue weighted by molar-refractivity contribution is 5.79. The quantitative estimate of drug-likeness (QED) is 0.697. The number of para-hydroxylation sites is 1. The van der Waals surface area contributed by atoms with Crippen LogP contribution in [0.5, 0.6) is 5.75 Å². The molecule has 3 rings (SSSR count). The number of nitrogens with one attached hydrogen (secondary N) is 2. The van der Waals surface area contributed by atoms with Crippen molar-refractivity contribution < 1.29 is 9.53 Å². The molecule has 128 valence electrons. The molecule has 2 N–H and O–H groups in total. The lowest BCUT2D eigenvalue weighted by molar-refractivity contribution is -0.121. The first-order valence-electron chi connectivity index (χ1n) is 8.20. The molecule has 0 aliphatic heterocycles. The van der Waals surface area contributed by atoms with Gasteiger partial charge in [-0.15, -0.1) is 0 Å². The number of carbonyl (C=O) groups excluding carboxylic acids is 1. The van der Waals surface area contributed by atoms with Gasteiger partial charge < -0.3 is 15.0 Å². The molecular weight excluding hydrogens is 314 g/mol. The Bertz CT molecular complexity index is 801. The van der Waals surface area contributed by atoms with E-state index in [0.717, 1.165) is 22.7 Å². The number of carbonyl (C=O) groups is 1. The normalized spacial score (nSPS) is 11.7. The fraction of sp³-hybridized carbons (Fsp3) is 0.200. The number of methoxy groups -OCH3 is 1. The predicted molar refractivity (Wildman–Crippen MR) is 96.3 cm³/mol. The van der Waals surface area contributed by atoms with Crippen molar-refractivity contribution >= 4 is 5.91 Å². The van der Waals surface area contributed by atoms with Crippen molar-refractivity contribution in [1.29, 1.82) is 0 Å². The van der Waals surface area contributed by atoms with Gasteiger partial charge in [0.05, 0.1) is 19.6 Å². The maximum Gasteiger partial charge on any atom is 0.225 e. The minimum absolute atomic E-state index is 0.0510. The number of ether oxygens (including phenoxy) is 1. The summed E-state index contributed by atoms with van der Waals surface area (Å²) in [6, 6.07) is 17.3. The molecule has 5 heteroatoms. The zero-order valence-corrected chi connectivity index (χ0v) is 14.1. The number of aromatic nitrogens is 2. The van der Waals surface area contributed by atoms with Gasteiger partial charge in [-0.3, -0.25) is 4.79 Å². The SMILES string of the molecule is COc1ccccc1CC(=O)N[C@H](Cc1ncc[nH]1)c1ccccc1. The largest absolute Gasteiger partial charge is 0.496 e. The second kappa shape index (κ2) is 8.15. The van der Waals surface area contributed by atoms with Crippen LogP contribution in [0.15, 0.2) is 67.0 Å². The van der Waals surface area contributed by atoms with Crippen molar-refractivity contribution in [2.45, 2.75) is 18.9 Å². The van der Waals surface area contributed by atoms with Crippen molar-refractivity contribution in [1.82, 2.24) is 15.3 Å². The van der Waals surface area contributed by atoms with E-state index in [2.05, 4.69) is 15.3 Å². The lowest BCUT2D eigenvalue weighted by atomic mass is 10.0. The molecule has 1 atom stereocenters. The van der Waals surface area contributed by atoms with E-state index in [0.29, 0.717) is 6.42 Å². The fourth-order valence-electron chi connectivity index (χ4n) is 2.81. The second-order valence-corrected chi connectivity index (χ2v) is 5.76. The lowest BCUT2D eigenvalue weighted by Crippen LogP contribution is -2.31. The highest BCUT2D eigenvalue weighted by atomic mass is 16.5. The molecule has 2 aromatic carbocycles. The topological polar surface area (TPSA) is 67.0 Å². The van der Waals surface area contributed by atoms with Crippen LogP contribution in [0.25, 0.3) is 0 Å². The first-order chi connectivity index (χ1) is 12.3. The maximum atomic E-state index is 12.6. The van der Waals surface area contributed by atoms with Gasteiger partial charge in [0.1, 0.15) is 11.6 Å². The Morgan fingerprint density at radius 3 is 2.64 bits per heavy atom. The Morgan fingerprint density at radius 1 is 1.16 bits per heavy atom. The highest BCUT2D eigenvalue weighted by Crippen LogP contribution is 2.20. The molecule has 3 aromatic rings. The summed E-state index contributed by atoms with van der Waals surface area (Å²) >= 11 is 0. The molecule has 0 fully saturated rings. The van der Waals surface area contributed by atoms with Gasteiger partial charge in [-0.05, 0) is 11.6 Å². The van der Waals surface area contributed by atoms with Gasteiger partial charge in [0, 0.05) is 24.4 Å². The molecule has 5 nitrogen and oxygen atoms in total. The molecule has 0 saturated carbocycles. The van der Waals surface area contributed by atoms with E-state index in [9.17, 15) is 4.79 Å². The molecule has 0 bridgehead atoms. The van der Waals surface area contributed by atoms with Crippen molar-refractivity contribution in [2.75, 3.05) is 7.11 Å². The van der Waals surface area contributed by atoms with Crippen LogP contribution in [0.1, 0.15) is 23.0 Å². The van der Waals surface area contributed by atoms with Crippen LogP contribution in [0, 0.1) is 0 Å². The Kier molecular flexibility index (Phi) is 5.46. The molecule has 1 heterocycles. The molecule has 0 unspecified atom stereocenters. The summed E-state index contributed by atoms with van der Waals surface area (Å²) in [4.78, 5) is 20.0. The number of imidazole rings is 1. The summed E-state index contributed by atoms with van der Waals surface area (Å²) in [5, 5.41) is 3.12. The number of H-pyrrole nitrogens is 1. The summed E-state index contributed by atoms with van der Waals surface area (Å²) in [6.45, 7) is 0. The molecule has 0 spiro atoms. The van der Waals surface area contributed by atoms with Crippen LogP contribution < -0.4 is 10.1 Å². The van der Waals surface area contributed by atoms with Gasteiger partial charge in [-0.2, -0.15) is 0 Å². The Hall–Kier alpha value is -3.08. The smallest absolute Gasteiger partial charge is 0.225 e. The Balaban J connectivity index is 1.74. The zero-order chi connectivity index (χ0) is 17.5. The van der Waals surface area contributed by atoms with E-state index in [1.54, 1.807) is 19.5 Å². The third-order valence-electron chi connectivity index (χ3n) is 4.03. The van der Waals surface area contributed by atoms with Crippen LogP contribution >= 0.6 is 0 Å². The maximum absolute atomic E-state index is 12.6. The lowest BCUT2D eigenvalue weighted by Gasteiger charge is -2.19. The predicted octanol–water partition coefficient (Wildman–Crippen LogP) is 3.06. The first-order valence-corrected chi connectivity index (χ1v) is 8.20. The van der Waals surface area contributed by atoms with Gasteiger partial charge in [-0.1, -0.05) is 48.5 Å². The number of aromatic amines is 1. The van der Waals surface area contributed by atoms with Crippen LogP contribution in [0.2, 0.25) is 0 Å². The fourth-order valence-corrected chi connectivity index (χ4v) is 2.81. The molecule has 0 radical (unpaired) electrons. The van der Waals surface area contributed by atoms with Crippen molar-refractivity contribution in [3.8, 4) is 5.75 Å². The van der Waals surface area contributed by atoms with E-state index < -0.39 is 0 Å². The highest BCUT2D eigenvalue weighted by Gasteiger charge is 2.17. The van der Waals surface area contributed by atoms with Gasteiger partial charge in [0.2, 0.25) is 5.91 Å². The minimum atomic E-state index is -0.144. The number of hydrogen-bond donors (Lipinski definition) is 2. The second-order valence-electron chi connectivity index (χ2n) is 5.76. The minimum Gasteiger partial charge on any atom is -0.496 e. The van der Waals surface area contributed by atoms with Crippen LogP contribution in [-0.2, 0) is 17.6 Å². The van der Waals surface area contributed by atoms with E-state index in [4.69, 9.17) is 4.74 Å². The molecule has 0 aliphatic carbocycles. The average Bonchev–Trinajstić information content (AvgIpc) is 3.15. The summed E-state index contributed by atoms with van der Waals surface area (Å²) in [5.74, 6) is 1.51. The van der Waals surface area contributed by atoms with Gasteiger partial charge >= 0.3 is 0 Å². The summed E-state index contributed by atoms with van der Waals surface area (Å²) < 4.78 is 5.33. The van der Waals surface area contributed by atoms with E-state index in [1.807, 2.05) is 54.6 Å². The van der Waals surface area contributed by atoms with Crippen LogP contribution in [0.4, 0.5) is 0 Å².